The van der Waals surface area contributed by atoms with Crippen molar-refractivity contribution in [3.8, 4) is 5.75 Å². The van der Waals surface area contributed by atoms with E-state index in [1.165, 1.54) is 0 Å². The number of carboxylic acids is 2. The van der Waals surface area contributed by atoms with Crippen molar-refractivity contribution in [2.45, 2.75) is 12.8 Å². The average molecular weight is 422 g/mol. The predicted octanol–water partition coefficient (Wildman–Crippen LogP) is 0.719. The average Bonchev–Trinajstić information content (AvgIpc) is 3.19. The van der Waals surface area contributed by atoms with Gasteiger partial charge in [-0.15, -0.1) is 0 Å². The summed E-state index contributed by atoms with van der Waals surface area (Å²) >= 11 is 0. The molecular weight excluding hydrogens is 396 g/mol. The minimum absolute atomic E-state index is 0.0125. The van der Waals surface area contributed by atoms with Crippen molar-refractivity contribution in [3.63, 3.8) is 0 Å². The number of ether oxygens (including phenoxy) is 1. The van der Waals surface area contributed by atoms with Gasteiger partial charge in [0.2, 0.25) is 0 Å². The van der Waals surface area contributed by atoms with Crippen LogP contribution in [0.4, 0.5) is 0 Å². The van der Waals surface area contributed by atoms with Gasteiger partial charge >= 0.3 is 11.9 Å². The van der Waals surface area contributed by atoms with Crippen molar-refractivity contribution in [1.82, 2.24) is 9.80 Å². The highest BCUT2D eigenvalue weighted by Gasteiger charge is 2.53. The van der Waals surface area contributed by atoms with Crippen LogP contribution in [0.5, 0.6) is 5.75 Å². The van der Waals surface area contributed by atoms with Crippen LogP contribution in [-0.4, -0.2) is 89.3 Å². The highest BCUT2D eigenvalue weighted by molar-refractivity contribution is 5.95. The van der Waals surface area contributed by atoms with Crippen molar-refractivity contribution in [2.75, 3.05) is 39.8 Å². The zero-order valence-corrected chi connectivity index (χ0v) is 16.7. The van der Waals surface area contributed by atoms with Crippen LogP contribution in [0.15, 0.2) is 24.3 Å². The number of carbonyl (C=O) groups excluding carboxylic acids is 1. The molecule has 3 N–H and O–H groups in total. The Hall–Kier alpha value is -3.14. The van der Waals surface area contributed by atoms with E-state index in [2.05, 4.69) is 0 Å². The van der Waals surface area contributed by atoms with Crippen LogP contribution in [0.2, 0.25) is 0 Å². The number of fused-ring (bicyclic) bond motifs is 1. The third kappa shape index (κ3) is 5.47. The normalized spacial score (nSPS) is 22.6. The molecule has 30 heavy (non-hydrogen) atoms. The number of amides is 1. The summed E-state index contributed by atoms with van der Waals surface area (Å²) in [5.74, 6) is -1.20. The standard InChI is InChI=1S/C19H24N2O6.CH2O2/c1-27-15-4-2-3-13(7-15)18(26)21-9-14-8-20(10-17(24)25)11-19(14,12-21)6-5-16(22)23;2-1-3/h2-4,7,14H,5-6,8-12H2,1H3,(H,22,23)(H,24,25);1H,(H,2,3). The Balaban J connectivity index is 0.00000101. The maximum absolute atomic E-state index is 12.9. The van der Waals surface area contributed by atoms with Crippen molar-refractivity contribution in [3.05, 3.63) is 29.8 Å². The molecule has 0 radical (unpaired) electrons. The molecule has 2 atom stereocenters. The minimum Gasteiger partial charge on any atom is -0.497 e. The Morgan fingerprint density at radius 2 is 1.90 bits per heavy atom. The van der Waals surface area contributed by atoms with Gasteiger partial charge in [-0.3, -0.25) is 24.1 Å². The highest BCUT2D eigenvalue weighted by Crippen LogP contribution is 2.46. The smallest absolute Gasteiger partial charge is 0.317 e. The molecule has 1 aromatic carbocycles. The van der Waals surface area contributed by atoms with Gasteiger partial charge in [-0.05, 0) is 30.5 Å². The maximum Gasteiger partial charge on any atom is 0.317 e. The summed E-state index contributed by atoms with van der Waals surface area (Å²) in [6, 6.07) is 6.96. The number of rotatable bonds is 7. The van der Waals surface area contributed by atoms with Crippen molar-refractivity contribution < 1.29 is 39.2 Å². The summed E-state index contributed by atoms with van der Waals surface area (Å²) in [6.45, 7) is 1.70. The van der Waals surface area contributed by atoms with Gasteiger partial charge in [0.05, 0.1) is 13.7 Å². The summed E-state index contributed by atoms with van der Waals surface area (Å²) in [5.41, 5.74) is 0.160. The van der Waals surface area contributed by atoms with E-state index in [-0.39, 0.29) is 36.7 Å². The van der Waals surface area contributed by atoms with Crippen LogP contribution >= 0.6 is 0 Å². The second kappa shape index (κ2) is 10.1. The van der Waals surface area contributed by atoms with Gasteiger partial charge in [-0.1, -0.05) is 6.07 Å². The Morgan fingerprint density at radius 1 is 1.20 bits per heavy atom. The number of hydrogen-bond donors (Lipinski definition) is 3. The van der Waals surface area contributed by atoms with E-state index in [0.717, 1.165) is 0 Å². The molecule has 2 fully saturated rings. The van der Waals surface area contributed by atoms with Gasteiger partial charge in [-0.2, -0.15) is 0 Å². The summed E-state index contributed by atoms with van der Waals surface area (Å²) in [5, 5.41) is 25.1. The van der Waals surface area contributed by atoms with Crippen molar-refractivity contribution in [2.24, 2.45) is 11.3 Å². The van der Waals surface area contributed by atoms with Gasteiger partial charge in [0, 0.05) is 43.6 Å². The molecule has 0 aliphatic carbocycles. The first-order valence-corrected chi connectivity index (χ1v) is 9.41. The van der Waals surface area contributed by atoms with Gasteiger partial charge in [0.15, 0.2) is 0 Å². The summed E-state index contributed by atoms with van der Waals surface area (Å²) in [7, 11) is 1.54. The number of carbonyl (C=O) groups is 4. The third-order valence-corrected chi connectivity index (χ3v) is 5.63. The van der Waals surface area contributed by atoms with E-state index in [1.54, 1.807) is 36.3 Å². The molecule has 0 spiro atoms. The number of aliphatic carboxylic acids is 2. The van der Waals surface area contributed by atoms with Crippen LogP contribution in [0.3, 0.4) is 0 Å². The first-order valence-electron chi connectivity index (χ1n) is 9.41. The Labute approximate surface area is 173 Å². The minimum atomic E-state index is -0.896. The van der Waals surface area contributed by atoms with Gasteiger partial charge in [0.1, 0.15) is 5.75 Å². The number of methoxy groups -OCH3 is 1. The molecule has 164 valence electrons. The molecule has 2 saturated heterocycles. The lowest BCUT2D eigenvalue weighted by molar-refractivity contribution is -0.139. The molecule has 2 heterocycles. The van der Waals surface area contributed by atoms with E-state index < -0.39 is 11.9 Å². The van der Waals surface area contributed by atoms with Crippen molar-refractivity contribution >= 4 is 24.3 Å². The van der Waals surface area contributed by atoms with E-state index in [0.29, 0.717) is 43.9 Å². The van der Waals surface area contributed by atoms with Crippen LogP contribution in [0, 0.1) is 11.3 Å². The molecule has 10 heteroatoms. The quantitative estimate of drug-likeness (QED) is 0.541. The zero-order chi connectivity index (χ0) is 22.3. The monoisotopic (exact) mass is 422 g/mol. The molecule has 10 nitrogen and oxygen atoms in total. The number of carboxylic acid groups (broad SMARTS) is 3. The lowest BCUT2D eigenvalue weighted by Gasteiger charge is -2.28. The molecule has 2 aliphatic rings. The summed E-state index contributed by atoms with van der Waals surface area (Å²) in [6.07, 6.45) is 0.448. The molecule has 0 aromatic heterocycles. The molecule has 0 saturated carbocycles. The Kier molecular flexibility index (Phi) is 7.76. The van der Waals surface area contributed by atoms with E-state index in [1.807, 2.05) is 4.90 Å². The predicted molar refractivity (Wildman–Crippen MR) is 104 cm³/mol. The zero-order valence-electron chi connectivity index (χ0n) is 16.7. The topological polar surface area (TPSA) is 145 Å². The molecule has 2 unspecified atom stereocenters. The highest BCUT2D eigenvalue weighted by atomic mass is 16.5. The van der Waals surface area contributed by atoms with Gasteiger partial charge < -0.3 is 25.0 Å². The van der Waals surface area contributed by atoms with Crippen LogP contribution in [0.25, 0.3) is 0 Å². The lowest BCUT2D eigenvalue weighted by atomic mass is 9.77. The number of nitrogens with zero attached hydrogens (tertiary/aromatic N) is 2. The van der Waals surface area contributed by atoms with Crippen molar-refractivity contribution in [1.29, 1.82) is 0 Å². The van der Waals surface area contributed by atoms with E-state index >= 15 is 0 Å². The number of benzene rings is 1. The van der Waals surface area contributed by atoms with Gasteiger partial charge in [-0.25, -0.2) is 0 Å². The Morgan fingerprint density at radius 3 is 2.50 bits per heavy atom. The largest absolute Gasteiger partial charge is 0.497 e. The van der Waals surface area contributed by atoms with Crippen LogP contribution < -0.4 is 4.74 Å². The first-order chi connectivity index (χ1) is 14.2. The molecular formula is C20H26N2O8. The fourth-order valence-corrected chi connectivity index (χ4v) is 4.41. The van der Waals surface area contributed by atoms with Crippen LogP contribution in [-0.2, 0) is 14.4 Å². The second-order valence-corrected chi connectivity index (χ2v) is 7.54. The summed E-state index contributed by atoms with van der Waals surface area (Å²) < 4.78 is 5.18. The maximum atomic E-state index is 12.9. The molecule has 0 bridgehead atoms. The fourth-order valence-electron chi connectivity index (χ4n) is 4.41. The molecule has 1 amide bonds. The summed E-state index contributed by atoms with van der Waals surface area (Å²) in [4.78, 5) is 47.1. The molecule has 2 aliphatic heterocycles. The first kappa shape index (κ1) is 23.1. The molecule has 3 rings (SSSR count). The van der Waals surface area contributed by atoms with Gasteiger partial charge in [0.25, 0.3) is 12.4 Å². The molecule has 1 aromatic rings. The lowest BCUT2D eigenvalue weighted by Crippen LogP contribution is -2.38. The third-order valence-electron chi connectivity index (χ3n) is 5.63. The Bertz CT molecular complexity index is 799. The van der Waals surface area contributed by atoms with E-state index in [9.17, 15) is 14.4 Å². The number of hydrogen-bond acceptors (Lipinski definition) is 6. The SMILES string of the molecule is COc1cccc(C(=O)N2CC3CN(CC(=O)O)CC3(CCC(=O)O)C2)c1.O=CO. The van der Waals surface area contributed by atoms with Crippen LogP contribution in [0.1, 0.15) is 23.2 Å². The fraction of sp³-hybridized carbons (Fsp3) is 0.500. The number of likely N-dealkylation sites (tertiary alicyclic amines) is 2. The second-order valence-electron chi connectivity index (χ2n) is 7.54. The van der Waals surface area contributed by atoms with E-state index in [4.69, 9.17) is 24.9 Å².